The molecule has 1 N–H and O–H groups in total. The largest absolute Gasteiger partial charge is 0.391 e. The first kappa shape index (κ1) is 19.9. The lowest BCUT2D eigenvalue weighted by Gasteiger charge is -2.00. The lowest BCUT2D eigenvalue weighted by molar-refractivity contribution is -0.119. The van der Waals surface area contributed by atoms with Gasteiger partial charge in [-0.15, -0.1) is 0 Å². The van der Waals surface area contributed by atoms with Crippen LogP contribution in [0.25, 0.3) is 0 Å². The van der Waals surface area contributed by atoms with Crippen molar-refractivity contribution in [3.05, 3.63) is 36.5 Å². The maximum absolute atomic E-state index is 11.1. The number of carbonyl (C=O) groups is 1. The molecule has 0 fully saturated rings. The normalized spacial score (nSPS) is 12.0. The highest BCUT2D eigenvalue weighted by molar-refractivity contribution is 6.14. The van der Waals surface area contributed by atoms with Gasteiger partial charge in [0.15, 0.2) is 0 Å². The van der Waals surface area contributed by atoms with Crippen LogP contribution in [0.5, 0.6) is 0 Å². The van der Waals surface area contributed by atoms with E-state index in [0.29, 0.717) is 6.42 Å². The molecule has 2 nitrogen and oxygen atoms in total. The molecule has 0 radical (unpaired) electrons. The molecule has 0 rings (SSSR count). The molecule has 0 bridgehead atoms. The van der Waals surface area contributed by atoms with Gasteiger partial charge in [-0.2, -0.15) is 0 Å². The lowest BCUT2D eigenvalue weighted by Crippen LogP contribution is -2.18. The van der Waals surface area contributed by atoms with Crippen molar-refractivity contribution in [2.45, 2.75) is 71.1 Å². The Balaban J connectivity index is 3.25. The van der Waals surface area contributed by atoms with Crippen LogP contribution in [-0.2, 0) is 4.79 Å². The Bertz CT molecular complexity index is 321. The Morgan fingerprint density at radius 1 is 0.857 bits per heavy atom. The van der Waals surface area contributed by atoms with Gasteiger partial charge >= 0.3 is 0 Å². The van der Waals surface area contributed by atoms with Gasteiger partial charge in [0, 0.05) is 6.42 Å². The lowest BCUT2D eigenvalue weighted by atomic mass is 10.1. The Labute approximate surface area is 134 Å². The van der Waals surface area contributed by atoms with Gasteiger partial charge in [0.25, 0.3) is 0 Å². The Morgan fingerprint density at radius 2 is 1.43 bits per heavy atom. The monoisotopic (exact) mass is 307 g/mol. The maximum Gasteiger partial charge on any atom is 0.211 e. The molecule has 0 aliphatic heterocycles. The van der Waals surface area contributed by atoms with Crippen LogP contribution in [0.15, 0.2) is 36.5 Å². The second-order valence-corrected chi connectivity index (χ2v) is 5.77. The van der Waals surface area contributed by atoms with Crippen LogP contribution in [0, 0.1) is 0 Å². The van der Waals surface area contributed by atoms with Gasteiger partial charge in [-0.25, -0.2) is 0 Å². The quantitative estimate of drug-likeness (QED) is 0.311. The molecule has 0 atom stereocenters. The van der Waals surface area contributed by atoms with E-state index < -0.39 is 0 Å². The van der Waals surface area contributed by atoms with E-state index in [1.54, 1.807) is 0 Å². The summed E-state index contributed by atoms with van der Waals surface area (Å²) in [5.41, 5.74) is 0. The second-order valence-electron chi connectivity index (χ2n) is 5.27. The number of hydrogen-bond donors (Lipinski definition) is 1. The third-order valence-electron chi connectivity index (χ3n) is 3.33. The number of carbonyl (C=O) groups excluding carboxylic acids is 1. The summed E-state index contributed by atoms with van der Waals surface area (Å²) < 4.78 is 0. The van der Waals surface area contributed by atoms with Crippen LogP contribution in [-0.4, -0.2) is 16.3 Å². The highest BCUT2D eigenvalue weighted by atomic mass is 28.2. The molecule has 21 heavy (non-hydrogen) atoms. The highest BCUT2D eigenvalue weighted by Gasteiger charge is 1.96. The summed E-state index contributed by atoms with van der Waals surface area (Å²) in [6.07, 6.45) is 24.6. The van der Waals surface area contributed by atoms with Crippen LogP contribution in [0.1, 0.15) is 71.1 Å². The van der Waals surface area contributed by atoms with Crippen molar-refractivity contribution >= 4 is 16.3 Å². The van der Waals surface area contributed by atoms with Crippen molar-refractivity contribution in [3.63, 3.8) is 0 Å². The summed E-state index contributed by atoms with van der Waals surface area (Å²) >= 11 is 0. The van der Waals surface area contributed by atoms with Gasteiger partial charge in [-0.1, -0.05) is 62.6 Å². The first-order valence-corrected chi connectivity index (χ1v) is 9.46. The minimum atomic E-state index is 0.225. The summed E-state index contributed by atoms with van der Waals surface area (Å²) in [5.74, 6) is 0.225. The van der Waals surface area contributed by atoms with Crippen LogP contribution in [0.4, 0.5) is 0 Å². The second kappa shape index (κ2) is 17.0. The number of nitrogens with one attached hydrogen (secondary N) is 1. The van der Waals surface area contributed by atoms with Gasteiger partial charge in [0.05, 0.1) is 0 Å². The summed E-state index contributed by atoms with van der Waals surface area (Å²) in [5, 5.41) is 0. The minimum absolute atomic E-state index is 0.225. The zero-order valence-electron chi connectivity index (χ0n) is 13.9. The van der Waals surface area contributed by atoms with Crippen molar-refractivity contribution in [2.75, 3.05) is 0 Å². The zero-order valence-corrected chi connectivity index (χ0v) is 15.9. The summed E-state index contributed by atoms with van der Waals surface area (Å²) in [7, 11) is 0.779. The summed E-state index contributed by atoms with van der Waals surface area (Å²) in [4.78, 5) is 13.8. The molecule has 0 aromatic rings. The number of hydrogen-bond acceptors (Lipinski definition) is 1. The average molecular weight is 308 g/mol. The maximum atomic E-state index is 11.1. The molecule has 1 amide bonds. The van der Waals surface area contributed by atoms with E-state index in [-0.39, 0.29) is 5.91 Å². The van der Waals surface area contributed by atoms with Gasteiger partial charge in [-0.05, 0) is 38.5 Å². The van der Waals surface area contributed by atoms with Crippen molar-refractivity contribution in [3.8, 4) is 0 Å². The van der Waals surface area contributed by atoms with Crippen LogP contribution < -0.4 is 4.98 Å². The standard InChI is InChI=1S/C18H33NOSi/c1-2-3-4-5-6-7-8-9-10-11-12-13-14-15-16-17-18(20)19-21/h3-4,6-7,9-10H,2,5,8,11-17H2,1,21H3,(H,19,20). The van der Waals surface area contributed by atoms with E-state index in [0.717, 1.165) is 36.1 Å². The van der Waals surface area contributed by atoms with Crippen molar-refractivity contribution in [1.82, 2.24) is 4.98 Å². The van der Waals surface area contributed by atoms with Crippen molar-refractivity contribution in [2.24, 2.45) is 0 Å². The van der Waals surface area contributed by atoms with E-state index in [2.05, 4.69) is 48.4 Å². The molecule has 0 aliphatic carbocycles. The fourth-order valence-corrected chi connectivity index (χ4v) is 2.28. The predicted molar refractivity (Wildman–Crippen MR) is 97.3 cm³/mol. The smallest absolute Gasteiger partial charge is 0.211 e. The zero-order chi connectivity index (χ0) is 15.6. The van der Waals surface area contributed by atoms with Crippen molar-refractivity contribution < 1.29 is 4.79 Å². The fourth-order valence-electron chi connectivity index (χ4n) is 2.03. The average Bonchev–Trinajstić information content (AvgIpc) is 2.50. The Kier molecular flexibility index (Phi) is 16.1. The van der Waals surface area contributed by atoms with E-state index in [4.69, 9.17) is 0 Å². The molecule has 0 aromatic carbocycles. The number of rotatable bonds is 13. The molecule has 0 saturated carbocycles. The van der Waals surface area contributed by atoms with Gasteiger partial charge in [-0.3, -0.25) is 4.79 Å². The van der Waals surface area contributed by atoms with Crippen molar-refractivity contribution in [1.29, 1.82) is 0 Å². The molecule has 0 aromatic heterocycles. The highest BCUT2D eigenvalue weighted by Crippen LogP contribution is 2.07. The molecular weight excluding hydrogens is 274 g/mol. The SMILES string of the molecule is CCC=CCC=CCC=CCCCCCCCC(=O)N[SiH3]. The summed E-state index contributed by atoms with van der Waals surface area (Å²) in [6, 6.07) is 0. The number of allylic oxidation sites excluding steroid dienone is 6. The van der Waals surface area contributed by atoms with E-state index in [9.17, 15) is 4.79 Å². The minimum Gasteiger partial charge on any atom is -0.391 e. The first-order chi connectivity index (χ1) is 10.3. The van der Waals surface area contributed by atoms with E-state index >= 15 is 0 Å². The Morgan fingerprint density at radius 3 is 2.10 bits per heavy atom. The molecular formula is C18H33NOSi. The third kappa shape index (κ3) is 16.9. The molecule has 3 heteroatoms. The van der Waals surface area contributed by atoms with Gasteiger partial charge in [0.1, 0.15) is 10.4 Å². The van der Waals surface area contributed by atoms with E-state index in [1.165, 1.54) is 32.1 Å². The number of amides is 1. The molecule has 0 unspecified atom stereocenters. The van der Waals surface area contributed by atoms with Crippen LogP contribution in [0.2, 0.25) is 0 Å². The van der Waals surface area contributed by atoms with E-state index in [1.807, 2.05) is 0 Å². The van der Waals surface area contributed by atoms with Crippen LogP contribution >= 0.6 is 0 Å². The predicted octanol–water partition coefficient (Wildman–Crippen LogP) is 3.97. The van der Waals surface area contributed by atoms with Crippen LogP contribution in [0.3, 0.4) is 0 Å². The first-order valence-electron chi connectivity index (χ1n) is 8.46. The molecule has 120 valence electrons. The molecule has 0 heterocycles. The molecule has 0 saturated heterocycles. The topological polar surface area (TPSA) is 29.1 Å². The summed E-state index contributed by atoms with van der Waals surface area (Å²) in [6.45, 7) is 2.16. The van der Waals surface area contributed by atoms with Gasteiger partial charge in [0.2, 0.25) is 5.91 Å². The number of unbranched alkanes of at least 4 members (excludes halogenated alkanes) is 5. The fraction of sp³-hybridized carbons (Fsp3) is 0.611. The molecule has 0 aliphatic rings. The Hall–Kier alpha value is -1.09. The molecule has 0 spiro atoms. The van der Waals surface area contributed by atoms with Gasteiger partial charge < -0.3 is 4.98 Å². The third-order valence-corrected chi connectivity index (χ3v) is 3.89.